The molecule has 1 N–H and O–H groups in total. The van der Waals surface area contributed by atoms with Gasteiger partial charge in [-0.15, -0.1) is 0 Å². The number of benzene rings is 2. The van der Waals surface area contributed by atoms with Crippen LogP contribution in [0.1, 0.15) is 46.0 Å². The molecule has 0 aromatic heterocycles. The van der Waals surface area contributed by atoms with Crippen molar-refractivity contribution in [1.29, 1.82) is 0 Å². The fourth-order valence-electron chi connectivity index (χ4n) is 3.93. The van der Waals surface area contributed by atoms with Crippen molar-refractivity contribution < 1.29 is 19.1 Å². The Labute approximate surface area is 170 Å². The lowest BCUT2D eigenvalue weighted by atomic mass is 10.0. The van der Waals surface area contributed by atoms with E-state index in [0.717, 1.165) is 17.7 Å². The number of nitrogens with one attached hydrogen (secondary N) is 1. The predicted octanol–water partition coefficient (Wildman–Crippen LogP) is 3.48. The van der Waals surface area contributed by atoms with Crippen LogP contribution in [0, 0.1) is 0 Å². The molecule has 2 aliphatic rings. The Balaban J connectivity index is 1.38. The van der Waals surface area contributed by atoms with E-state index >= 15 is 0 Å². The molecular formula is C23H26N2O4. The lowest BCUT2D eigenvalue weighted by molar-refractivity contribution is -0.181. The third-order valence-electron chi connectivity index (χ3n) is 5.67. The SMILES string of the molecule is CCc1ccccc1NC(=O)c1ccc(C(=O)N2CCC3(CC2)OCCO3)cc1. The first-order chi connectivity index (χ1) is 14.1. The molecule has 4 rings (SSSR count). The number of anilines is 1. The van der Waals surface area contributed by atoms with Crippen LogP contribution in [0.3, 0.4) is 0 Å². The minimum Gasteiger partial charge on any atom is -0.347 e. The van der Waals surface area contributed by atoms with Gasteiger partial charge in [0.05, 0.1) is 13.2 Å². The van der Waals surface area contributed by atoms with Crippen molar-refractivity contribution in [3.8, 4) is 0 Å². The van der Waals surface area contributed by atoms with Crippen LogP contribution in [0.5, 0.6) is 0 Å². The summed E-state index contributed by atoms with van der Waals surface area (Å²) in [7, 11) is 0. The monoisotopic (exact) mass is 394 g/mol. The van der Waals surface area contributed by atoms with E-state index in [4.69, 9.17) is 9.47 Å². The van der Waals surface area contributed by atoms with Crippen LogP contribution in [0.25, 0.3) is 0 Å². The van der Waals surface area contributed by atoms with Gasteiger partial charge in [-0.2, -0.15) is 0 Å². The summed E-state index contributed by atoms with van der Waals surface area (Å²) in [5.74, 6) is -0.700. The van der Waals surface area contributed by atoms with E-state index in [2.05, 4.69) is 12.2 Å². The van der Waals surface area contributed by atoms with Gasteiger partial charge in [0.1, 0.15) is 0 Å². The van der Waals surface area contributed by atoms with Crippen molar-refractivity contribution in [1.82, 2.24) is 4.90 Å². The van der Waals surface area contributed by atoms with Crippen LogP contribution < -0.4 is 5.32 Å². The Morgan fingerprint density at radius 1 is 0.966 bits per heavy atom. The summed E-state index contributed by atoms with van der Waals surface area (Å²) in [5.41, 5.74) is 3.02. The second-order valence-corrected chi connectivity index (χ2v) is 7.44. The fraction of sp³-hybridized carbons (Fsp3) is 0.391. The van der Waals surface area contributed by atoms with Gasteiger partial charge in [0.2, 0.25) is 0 Å². The topological polar surface area (TPSA) is 67.9 Å². The highest BCUT2D eigenvalue weighted by Crippen LogP contribution is 2.31. The molecule has 0 bridgehead atoms. The first-order valence-electron chi connectivity index (χ1n) is 10.2. The molecule has 2 aromatic rings. The summed E-state index contributed by atoms with van der Waals surface area (Å²) in [4.78, 5) is 27.2. The van der Waals surface area contributed by atoms with Gasteiger partial charge >= 0.3 is 0 Å². The molecule has 1 spiro atoms. The summed E-state index contributed by atoms with van der Waals surface area (Å²) >= 11 is 0. The third kappa shape index (κ3) is 4.18. The molecule has 6 nitrogen and oxygen atoms in total. The van der Waals surface area contributed by atoms with Gasteiger partial charge in [0.15, 0.2) is 5.79 Å². The molecule has 2 heterocycles. The Morgan fingerprint density at radius 3 is 2.24 bits per heavy atom. The lowest BCUT2D eigenvalue weighted by Gasteiger charge is -2.37. The summed E-state index contributed by atoms with van der Waals surface area (Å²) in [6, 6.07) is 14.6. The minimum absolute atomic E-state index is 0.0267. The number of hydrogen-bond acceptors (Lipinski definition) is 4. The number of piperidine rings is 1. The van der Waals surface area contributed by atoms with Gasteiger partial charge in [-0.05, 0) is 42.3 Å². The fourth-order valence-corrected chi connectivity index (χ4v) is 3.93. The second-order valence-electron chi connectivity index (χ2n) is 7.44. The number of ether oxygens (including phenoxy) is 2. The highest BCUT2D eigenvalue weighted by molar-refractivity contribution is 6.05. The van der Waals surface area contributed by atoms with Crippen molar-refractivity contribution in [2.45, 2.75) is 32.0 Å². The number of rotatable bonds is 4. The summed E-state index contributed by atoms with van der Waals surface area (Å²) in [6.07, 6.45) is 2.23. The van der Waals surface area contributed by atoms with E-state index in [0.29, 0.717) is 50.3 Å². The maximum absolute atomic E-state index is 12.8. The first kappa shape index (κ1) is 19.6. The van der Waals surface area contributed by atoms with E-state index in [1.807, 2.05) is 29.2 Å². The van der Waals surface area contributed by atoms with Gasteiger partial charge in [-0.25, -0.2) is 0 Å². The lowest BCUT2D eigenvalue weighted by Crippen LogP contribution is -2.47. The molecule has 0 atom stereocenters. The van der Waals surface area contributed by atoms with Crippen molar-refractivity contribution >= 4 is 17.5 Å². The van der Waals surface area contributed by atoms with Crippen molar-refractivity contribution in [2.75, 3.05) is 31.6 Å². The number of para-hydroxylation sites is 1. The van der Waals surface area contributed by atoms with Crippen LogP contribution in [0.4, 0.5) is 5.69 Å². The Bertz CT molecular complexity index is 878. The second kappa shape index (κ2) is 8.35. The molecule has 2 saturated heterocycles. The third-order valence-corrected chi connectivity index (χ3v) is 5.67. The normalized spacial score (nSPS) is 18.0. The summed E-state index contributed by atoms with van der Waals surface area (Å²) < 4.78 is 11.4. The average molecular weight is 394 g/mol. The van der Waals surface area contributed by atoms with E-state index in [9.17, 15) is 9.59 Å². The number of carbonyl (C=O) groups excluding carboxylic acids is 2. The zero-order valence-electron chi connectivity index (χ0n) is 16.6. The molecule has 2 amide bonds. The molecule has 29 heavy (non-hydrogen) atoms. The van der Waals surface area contributed by atoms with E-state index in [-0.39, 0.29) is 11.8 Å². The van der Waals surface area contributed by atoms with Crippen LogP contribution in [-0.2, 0) is 15.9 Å². The highest BCUT2D eigenvalue weighted by atomic mass is 16.7. The van der Waals surface area contributed by atoms with Crippen LogP contribution in [0.2, 0.25) is 0 Å². The molecule has 0 saturated carbocycles. The number of aryl methyl sites for hydroxylation is 1. The van der Waals surface area contributed by atoms with Crippen molar-refractivity contribution in [3.05, 3.63) is 65.2 Å². The van der Waals surface area contributed by atoms with Gasteiger partial charge in [-0.3, -0.25) is 9.59 Å². The van der Waals surface area contributed by atoms with Gasteiger partial charge in [0, 0.05) is 42.7 Å². The van der Waals surface area contributed by atoms with Crippen LogP contribution in [0.15, 0.2) is 48.5 Å². The molecule has 6 heteroatoms. The summed E-state index contributed by atoms with van der Waals surface area (Å²) in [6.45, 7) is 4.52. The van der Waals surface area contributed by atoms with Gasteiger partial charge in [-0.1, -0.05) is 25.1 Å². The summed E-state index contributed by atoms with van der Waals surface area (Å²) in [5, 5.41) is 2.96. The van der Waals surface area contributed by atoms with Crippen LogP contribution in [-0.4, -0.2) is 48.8 Å². The Morgan fingerprint density at radius 2 is 1.59 bits per heavy atom. The number of carbonyl (C=O) groups is 2. The number of likely N-dealkylation sites (tertiary alicyclic amines) is 1. The Hall–Kier alpha value is -2.70. The number of amides is 2. The molecule has 0 unspecified atom stereocenters. The van der Waals surface area contributed by atoms with Gasteiger partial charge in [0.25, 0.3) is 11.8 Å². The molecule has 0 radical (unpaired) electrons. The van der Waals surface area contributed by atoms with Crippen molar-refractivity contribution in [3.63, 3.8) is 0 Å². The number of hydrogen-bond donors (Lipinski definition) is 1. The number of nitrogens with zero attached hydrogens (tertiary/aromatic N) is 1. The zero-order chi connectivity index (χ0) is 20.3. The smallest absolute Gasteiger partial charge is 0.255 e. The molecule has 0 aliphatic carbocycles. The first-order valence-corrected chi connectivity index (χ1v) is 10.2. The maximum Gasteiger partial charge on any atom is 0.255 e. The molecule has 2 aliphatic heterocycles. The maximum atomic E-state index is 12.8. The average Bonchev–Trinajstić information content (AvgIpc) is 3.22. The molecule has 152 valence electrons. The highest BCUT2D eigenvalue weighted by Gasteiger charge is 2.40. The van der Waals surface area contributed by atoms with E-state index in [1.165, 1.54) is 0 Å². The quantitative estimate of drug-likeness (QED) is 0.862. The van der Waals surface area contributed by atoms with Gasteiger partial charge < -0.3 is 19.7 Å². The standard InChI is InChI=1S/C23H26N2O4/c1-2-17-5-3-4-6-20(17)24-21(26)18-7-9-19(10-8-18)22(27)25-13-11-23(12-14-25)28-15-16-29-23/h3-10H,2,11-16H2,1H3,(H,24,26). The molecule has 2 fully saturated rings. The van der Waals surface area contributed by atoms with E-state index in [1.54, 1.807) is 24.3 Å². The zero-order valence-corrected chi connectivity index (χ0v) is 16.6. The Kier molecular flexibility index (Phi) is 5.65. The van der Waals surface area contributed by atoms with Crippen LogP contribution >= 0.6 is 0 Å². The minimum atomic E-state index is -0.493. The largest absolute Gasteiger partial charge is 0.347 e. The molecular weight excluding hydrogens is 368 g/mol. The molecule has 2 aromatic carbocycles. The van der Waals surface area contributed by atoms with E-state index < -0.39 is 5.79 Å². The van der Waals surface area contributed by atoms with Crippen molar-refractivity contribution in [2.24, 2.45) is 0 Å². The predicted molar refractivity (Wildman–Crippen MR) is 110 cm³/mol.